The molecule has 0 spiro atoms. The molecule has 0 fully saturated rings. The van der Waals surface area contributed by atoms with E-state index in [0.29, 0.717) is 17.3 Å². The maximum Gasteiger partial charge on any atom is 0.161 e. The van der Waals surface area contributed by atoms with Crippen LogP contribution >= 0.6 is 0 Å². The molecule has 1 heterocycles. The Morgan fingerprint density at radius 1 is 1.15 bits per heavy atom. The summed E-state index contributed by atoms with van der Waals surface area (Å²) in [6, 6.07) is 14.8. The van der Waals surface area contributed by atoms with Crippen molar-refractivity contribution in [2.45, 2.75) is 0 Å². The average molecular weight is 347 g/mol. The van der Waals surface area contributed by atoms with Crippen LogP contribution in [0.3, 0.4) is 0 Å². The number of aliphatic hydroxyl groups is 1. The second-order valence-corrected chi connectivity index (χ2v) is 5.42. The van der Waals surface area contributed by atoms with Crippen LogP contribution in [0.2, 0.25) is 0 Å². The minimum absolute atomic E-state index is 0.0675. The molecule has 3 rings (SSSR count). The lowest BCUT2D eigenvalue weighted by atomic mass is 10.1. The Hall–Kier alpha value is -3.72. The topological polar surface area (TPSA) is 91.2 Å². The Kier molecular flexibility index (Phi) is 4.90. The zero-order valence-corrected chi connectivity index (χ0v) is 14.4. The summed E-state index contributed by atoms with van der Waals surface area (Å²) in [6.45, 7) is 0. The Morgan fingerprint density at radius 2 is 1.92 bits per heavy atom. The molecule has 0 amide bonds. The molecule has 26 heavy (non-hydrogen) atoms. The highest BCUT2D eigenvalue weighted by Gasteiger charge is 2.11. The van der Waals surface area contributed by atoms with E-state index in [4.69, 9.17) is 9.47 Å². The van der Waals surface area contributed by atoms with E-state index in [0.717, 1.165) is 16.6 Å². The molecule has 0 saturated carbocycles. The van der Waals surface area contributed by atoms with Crippen molar-refractivity contribution in [3.05, 3.63) is 65.7 Å². The summed E-state index contributed by atoms with van der Waals surface area (Å²) < 4.78 is 10.5. The molecule has 2 N–H and O–H groups in total. The van der Waals surface area contributed by atoms with Crippen LogP contribution in [0, 0.1) is 11.3 Å². The van der Waals surface area contributed by atoms with Crippen LogP contribution < -0.4 is 9.47 Å². The summed E-state index contributed by atoms with van der Waals surface area (Å²) in [5, 5.41) is 19.8. The van der Waals surface area contributed by atoms with Crippen molar-refractivity contribution in [3.8, 4) is 17.6 Å². The standard InChI is InChI=1S/C20H17N3O3/c1-25-18-10-8-13(11-19(18)26-2)7-9-17(24)14(12-21)20-22-15-5-3-4-6-16(15)23-20/h3-11,24H,1-2H3,(H,22,23)/b9-7+,17-14+. The molecule has 130 valence electrons. The number of allylic oxidation sites excluding steroid dienone is 2. The number of rotatable bonds is 5. The number of benzene rings is 2. The molecule has 0 aliphatic rings. The van der Waals surface area contributed by atoms with Gasteiger partial charge in [-0.15, -0.1) is 0 Å². The Labute approximate surface area is 150 Å². The maximum atomic E-state index is 10.3. The number of imidazole rings is 1. The number of aromatic nitrogens is 2. The third-order valence-electron chi connectivity index (χ3n) is 3.84. The highest BCUT2D eigenvalue weighted by atomic mass is 16.5. The van der Waals surface area contributed by atoms with Crippen molar-refractivity contribution >= 4 is 22.7 Å². The number of aromatic amines is 1. The molecule has 0 bridgehead atoms. The van der Waals surface area contributed by atoms with Gasteiger partial charge in [0.1, 0.15) is 17.4 Å². The molecule has 6 nitrogen and oxygen atoms in total. The van der Waals surface area contributed by atoms with E-state index in [1.807, 2.05) is 36.4 Å². The molecular formula is C20H17N3O3. The van der Waals surface area contributed by atoms with E-state index in [1.54, 1.807) is 32.4 Å². The predicted octanol–water partition coefficient (Wildman–Crippen LogP) is 4.09. The van der Waals surface area contributed by atoms with Gasteiger partial charge in [-0.25, -0.2) is 4.98 Å². The van der Waals surface area contributed by atoms with Gasteiger partial charge in [-0.3, -0.25) is 0 Å². The first-order chi connectivity index (χ1) is 12.7. The number of methoxy groups -OCH3 is 2. The van der Waals surface area contributed by atoms with Crippen LogP contribution in [0.5, 0.6) is 11.5 Å². The molecule has 0 aliphatic carbocycles. The number of H-pyrrole nitrogens is 1. The number of nitriles is 1. The summed E-state index contributed by atoms with van der Waals surface area (Å²) in [5.41, 5.74) is 2.38. The molecule has 6 heteroatoms. The van der Waals surface area contributed by atoms with Crippen LogP contribution in [0.4, 0.5) is 0 Å². The van der Waals surface area contributed by atoms with E-state index in [2.05, 4.69) is 9.97 Å². The zero-order chi connectivity index (χ0) is 18.5. The molecule has 0 unspecified atom stereocenters. The number of aliphatic hydroxyl groups excluding tert-OH is 1. The summed E-state index contributed by atoms with van der Waals surface area (Å²) in [5.74, 6) is 1.34. The van der Waals surface area contributed by atoms with Crippen LogP contribution in [0.1, 0.15) is 11.4 Å². The van der Waals surface area contributed by atoms with Gasteiger partial charge in [-0.2, -0.15) is 5.26 Å². The summed E-state index contributed by atoms with van der Waals surface area (Å²) in [6.07, 6.45) is 3.13. The largest absolute Gasteiger partial charge is 0.506 e. The molecule has 0 atom stereocenters. The van der Waals surface area contributed by atoms with Crippen molar-refractivity contribution in [3.63, 3.8) is 0 Å². The molecule has 1 aromatic heterocycles. The van der Waals surface area contributed by atoms with Crippen molar-refractivity contribution in [2.75, 3.05) is 14.2 Å². The van der Waals surface area contributed by atoms with E-state index in [9.17, 15) is 10.4 Å². The van der Waals surface area contributed by atoms with Gasteiger partial charge in [0.15, 0.2) is 17.3 Å². The monoisotopic (exact) mass is 347 g/mol. The molecule has 3 aromatic rings. The normalized spacial score (nSPS) is 12.0. The zero-order valence-electron chi connectivity index (χ0n) is 14.4. The minimum atomic E-state index is -0.179. The first kappa shape index (κ1) is 17.1. The second-order valence-electron chi connectivity index (χ2n) is 5.42. The SMILES string of the molecule is COc1ccc(/C=C/C(O)=C(/C#N)c2nc3ccccc3[nH]2)cc1OC. The number of nitrogens with one attached hydrogen (secondary N) is 1. The highest BCUT2D eigenvalue weighted by molar-refractivity contribution is 5.83. The highest BCUT2D eigenvalue weighted by Crippen LogP contribution is 2.28. The van der Waals surface area contributed by atoms with E-state index in [-0.39, 0.29) is 11.3 Å². The lowest BCUT2D eigenvalue weighted by molar-refractivity contribution is 0.355. The number of fused-ring (bicyclic) bond motifs is 1. The fourth-order valence-corrected chi connectivity index (χ4v) is 2.52. The fourth-order valence-electron chi connectivity index (χ4n) is 2.52. The van der Waals surface area contributed by atoms with E-state index >= 15 is 0 Å². The van der Waals surface area contributed by atoms with Crippen molar-refractivity contribution in [2.24, 2.45) is 0 Å². The molecule has 0 aliphatic heterocycles. The van der Waals surface area contributed by atoms with Gasteiger partial charge >= 0.3 is 0 Å². The van der Waals surface area contributed by atoms with Crippen LogP contribution in [0.15, 0.2) is 54.3 Å². The number of ether oxygens (including phenoxy) is 2. The summed E-state index contributed by atoms with van der Waals surface area (Å²) in [7, 11) is 3.12. The van der Waals surface area contributed by atoms with Gasteiger partial charge in [0.05, 0.1) is 25.3 Å². The second kappa shape index (κ2) is 7.45. The van der Waals surface area contributed by atoms with Crippen LogP contribution in [0.25, 0.3) is 22.7 Å². The van der Waals surface area contributed by atoms with Crippen molar-refractivity contribution in [1.82, 2.24) is 9.97 Å². The number of para-hydroxylation sites is 2. The average Bonchev–Trinajstić information content (AvgIpc) is 3.10. The van der Waals surface area contributed by atoms with Gasteiger partial charge in [-0.05, 0) is 35.9 Å². The van der Waals surface area contributed by atoms with Crippen molar-refractivity contribution < 1.29 is 14.6 Å². The minimum Gasteiger partial charge on any atom is -0.506 e. The van der Waals surface area contributed by atoms with Gasteiger partial charge in [0.2, 0.25) is 0 Å². The number of hydrogen-bond donors (Lipinski definition) is 2. The lowest BCUT2D eigenvalue weighted by Crippen LogP contribution is -1.91. The smallest absolute Gasteiger partial charge is 0.161 e. The Bertz CT molecular complexity index is 1010. The summed E-state index contributed by atoms with van der Waals surface area (Å²) >= 11 is 0. The van der Waals surface area contributed by atoms with Crippen LogP contribution in [-0.4, -0.2) is 29.3 Å². The lowest BCUT2D eigenvalue weighted by Gasteiger charge is -2.07. The third kappa shape index (κ3) is 3.37. The van der Waals surface area contributed by atoms with Crippen molar-refractivity contribution in [1.29, 1.82) is 5.26 Å². The Balaban J connectivity index is 1.94. The quantitative estimate of drug-likeness (QED) is 0.412. The van der Waals surface area contributed by atoms with Crippen LogP contribution in [-0.2, 0) is 0 Å². The third-order valence-corrected chi connectivity index (χ3v) is 3.84. The van der Waals surface area contributed by atoms with Gasteiger partial charge in [0, 0.05) is 0 Å². The first-order valence-corrected chi connectivity index (χ1v) is 7.85. The van der Waals surface area contributed by atoms with Gasteiger partial charge in [0.25, 0.3) is 0 Å². The van der Waals surface area contributed by atoms with Gasteiger partial charge < -0.3 is 19.6 Å². The maximum absolute atomic E-state index is 10.3. The molecular weight excluding hydrogens is 330 g/mol. The molecule has 2 aromatic carbocycles. The number of hydrogen-bond acceptors (Lipinski definition) is 5. The van der Waals surface area contributed by atoms with E-state index < -0.39 is 0 Å². The molecule has 0 saturated heterocycles. The molecule has 0 radical (unpaired) electrons. The Morgan fingerprint density at radius 3 is 2.62 bits per heavy atom. The first-order valence-electron chi connectivity index (χ1n) is 7.85. The fraction of sp³-hybridized carbons (Fsp3) is 0.100. The summed E-state index contributed by atoms with van der Waals surface area (Å²) in [4.78, 5) is 7.38. The predicted molar refractivity (Wildman–Crippen MR) is 99.8 cm³/mol. The van der Waals surface area contributed by atoms with Gasteiger partial charge in [-0.1, -0.05) is 24.3 Å². The van der Waals surface area contributed by atoms with E-state index in [1.165, 1.54) is 6.08 Å². The number of nitrogens with zero attached hydrogens (tertiary/aromatic N) is 2.